The zero-order valence-corrected chi connectivity index (χ0v) is 16.2. The third-order valence-corrected chi connectivity index (χ3v) is 5.13. The van der Waals surface area contributed by atoms with E-state index in [0.29, 0.717) is 16.4 Å². The van der Waals surface area contributed by atoms with Crippen LogP contribution in [0, 0.1) is 0 Å². The molecule has 0 amide bonds. The number of rotatable bonds is 3. The van der Waals surface area contributed by atoms with Crippen molar-refractivity contribution in [3.63, 3.8) is 0 Å². The quantitative estimate of drug-likeness (QED) is 0.543. The van der Waals surface area contributed by atoms with E-state index in [1.54, 1.807) is 13.2 Å². The number of hydrogen-bond donors (Lipinski definition) is 2. The molecular weight excluding hydrogens is 386 g/mol. The SMILES string of the molecule is COc1ccc(C2=Nc3c/c(=C\c4c(O)[nH]c5cc(Cl)ccc45)ccc3=N2)cc1. The number of nitrogens with one attached hydrogen (secondary N) is 1. The van der Waals surface area contributed by atoms with E-state index in [1.165, 1.54) is 0 Å². The first-order chi connectivity index (χ1) is 14.1. The lowest BCUT2D eigenvalue weighted by Gasteiger charge is -2.00. The number of fused-ring (bicyclic) bond motifs is 2. The Morgan fingerprint density at radius 3 is 2.62 bits per heavy atom. The number of hydrogen-bond acceptors (Lipinski definition) is 4. The van der Waals surface area contributed by atoms with Gasteiger partial charge in [0, 0.05) is 21.5 Å². The molecule has 5 rings (SSSR count). The summed E-state index contributed by atoms with van der Waals surface area (Å²) in [6, 6.07) is 19.0. The van der Waals surface area contributed by atoms with Gasteiger partial charge in [0.1, 0.15) is 5.75 Å². The van der Waals surface area contributed by atoms with Crippen LogP contribution < -0.4 is 15.3 Å². The van der Waals surface area contributed by atoms with Gasteiger partial charge in [-0.1, -0.05) is 23.7 Å². The molecule has 0 unspecified atom stereocenters. The number of ether oxygens (including phenoxy) is 1. The fourth-order valence-corrected chi connectivity index (χ4v) is 3.60. The second-order valence-electron chi connectivity index (χ2n) is 6.75. The van der Waals surface area contributed by atoms with Crippen LogP contribution in [0.3, 0.4) is 0 Å². The van der Waals surface area contributed by atoms with Gasteiger partial charge in [0.15, 0.2) is 11.7 Å². The molecule has 0 saturated heterocycles. The molecule has 0 atom stereocenters. The number of methoxy groups -OCH3 is 1. The Bertz CT molecular complexity index is 1400. The molecule has 0 spiro atoms. The number of aliphatic imine (C=N–C) groups is 1. The van der Waals surface area contributed by atoms with Gasteiger partial charge in [0.05, 0.1) is 23.7 Å². The van der Waals surface area contributed by atoms with Crippen molar-refractivity contribution < 1.29 is 9.84 Å². The number of benzene rings is 3. The van der Waals surface area contributed by atoms with Gasteiger partial charge < -0.3 is 14.8 Å². The van der Waals surface area contributed by atoms with Crippen molar-refractivity contribution in [3.05, 3.63) is 87.4 Å². The summed E-state index contributed by atoms with van der Waals surface area (Å²) in [4.78, 5) is 12.2. The molecule has 0 aliphatic carbocycles. The van der Waals surface area contributed by atoms with Gasteiger partial charge in [0.25, 0.3) is 0 Å². The maximum atomic E-state index is 10.3. The number of halogens is 1. The van der Waals surface area contributed by atoms with E-state index in [4.69, 9.17) is 16.3 Å². The van der Waals surface area contributed by atoms with Gasteiger partial charge in [-0.2, -0.15) is 0 Å². The van der Waals surface area contributed by atoms with Crippen LogP contribution in [0.5, 0.6) is 11.6 Å². The molecule has 1 aliphatic rings. The minimum atomic E-state index is 0.106. The molecule has 0 bridgehead atoms. The number of nitrogens with zero attached hydrogens (tertiary/aromatic N) is 2. The molecule has 142 valence electrons. The lowest BCUT2D eigenvalue weighted by Crippen LogP contribution is -2.07. The Morgan fingerprint density at radius 1 is 1.00 bits per heavy atom. The maximum absolute atomic E-state index is 10.3. The van der Waals surface area contributed by atoms with Crippen LogP contribution in [0.15, 0.2) is 70.6 Å². The summed E-state index contributed by atoms with van der Waals surface area (Å²) in [7, 11) is 1.64. The van der Waals surface area contributed by atoms with Crippen LogP contribution >= 0.6 is 11.6 Å². The largest absolute Gasteiger partial charge is 0.497 e. The molecule has 0 saturated carbocycles. The number of amidine groups is 1. The van der Waals surface area contributed by atoms with E-state index >= 15 is 0 Å². The molecule has 2 N–H and O–H groups in total. The Labute approximate surface area is 171 Å². The molecular formula is C23H16ClN3O2. The van der Waals surface area contributed by atoms with E-state index < -0.39 is 0 Å². The highest BCUT2D eigenvalue weighted by Gasteiger charge is 2.12. The molecule has 2 heterocycles. The molecule has 5 nitrogen and oxygen atoms in total. The molecule has 0 fully saturated rings. The van der Waals surface area contributed by atoms with E-state index in [0.717, 1.165) is 38.5 Å². The van der Waals surface area contributed by atoms with Crippen LogP contribution in [0.4, 0.5) is 5.69 Å². The van der Waals surface area contributed by atoms with Crippen LogP contribution in [-0.4, -0.2) is 23.0 Å². The molecule has 29 heavy (non-hydrogen) atoms. The van der Waals surface area contributed by atoms with Crippen molar-refractivity contribution in [1.29, 1.82) is 0 Å². The van der Waals surface area contributed by atoms with Gasteiger partial charge in [-0.15, -0.1) is 0 Å². The molecule has 0 radical (unpaired) electrons. The Morgan fingerprint density at radius 2 is 1.83 bits per heavy atom. The monoisotopic (exact) mass is 401 g/mol. The van der Waals surface area contributed by atoms with Gasteiger partial charge >= 0.3 is 0 Å². The smallest absolute Gasteiger partial charge is 0.196 e. The molecule has 1 aliphatic heterocycles. The Hall–Kier alpha value is -3.57. The number of aromatic hydroxyl groups is 1. The molecule has 4 aromatic rings. The topological polar surface area (TPSA) is 70.0 Å². The van der Waals surface area contributed by atoms with Crippen molar-refractivity contribution in [1.82, 2.24) is 4.98 Å². The second kappa shape index (κ2) is 6.79. The average molecular weight is 402 g/mol. The first-order valence-electron chi connectivity index (χ1n) is 9.04. The summed E-state index contributed by atoms with van der Waals surface area (Å²) < 4.78 is 5.20. The molecule has 1 aromatic heterocycles. The average Bonchev–Trinajstić information content (AvgIpc) is 3.28. The van der Waals surface area contributed by atoms with Crippen molar-refractivity contribution in [2.45, 2.75) is 0 Å². The van der Waals surface area contributed by atoms with Gasteiger partial charge in [-0.25, -0.2) is 9.98 Å². The first kappa shape index (κ1) is 17.5. The third kappa shape index (κ3) is 3.15. The maximum Gasteiger partial charge on any atom is 0.196 e. The minimum absolute atomic E-state index is 0.106. The first-order valence-corrected chi connectivity index (χ1v) is 9.42. The lowest BCUT2D eigenvalue weighted by molar-refractivity contribution is 0.415. The van der Waals surface area contributed by atoms with Crippen LogP contribution in [0.1, 0.15) is 11.1 Å². The van der Waals surface area contributed by atoms with Gasteiger partial charge in [-0.3, -0.25) is 0 Å². The zero-order valence-electron chi connectivity index (χ0n) is 15.5. The second-order valence-corrected chi connectivity index (χ2v) is 7.18. The highest BCUT2D eigenvalue weighted by molar-refractivity contribution is 6.31. The Balaban J connectivity index is 1.56. The third-order valence-electron chi connectivity index (χ3n) is 4.89. The van der Waals surface area contributed by atoms with Gasteiger partial charge in [0.2, 0.25) is 0 Å². The fourth-order valence-electron chi connectivity index (χ4n) is 3.43. The van der Waals surface area contributed by atoms with E-state index in [9.17, 15) is 5.11 Å². The van der Waals surface area contributed by atoms with Crippen molar-refractivity contribution in [3.8, 4) is 11.6 Å². The standard InChI is InChI=1S/C23H16ClN3O2/c1-29-16-6-3-14(4-7-16)22-25-19-9-2-13(11-21(19)26-22)10-18-17-8-5-15(24)12-20(17)27-23(18)28/h2-12,27-28H,1H3/b13-10-. The lowest BCUT2D eigenvalue weighted by atomic mass is 10.1. The van der Waals surface area contributed by atoms with Crippen LogP contribution in [0.25, 0.3) is 17.0 Å². The highest BCUT2D eigenvalue weighted by atomic mass is 35.5. The number of aromatic amines is 1. The normalized spacial score (nSPS) is 13.3. The summed E-state index contributed by atoms with van der Waals surface area (Å²) >= 11 is 6.04. The van der Waals surface area contributed by atoms with Crippen molar-refractivity contribution in [2.75, 3.05) is 7.11 Å². The zero-order chi connectivity index (χ0) is 20.0. The number of aromatic nitrogens is 1. The van der Waals surface area contributed by atoms with Crippen molar-refractivity contribution in [2.24, 2.45) is 9.98 Å². The summed E-state index contributed by atoms with van der Waals surface area (Å²) in [5.74, 6) is 1.57. The van der Waals surface area contributed by atoms with Gasteiger partial charge in [-0.05, 0) is 59.8 Å². The summed E-state index contributed by atoms with van der Waals surface area (Å²) in [5.41, 5.74) is 3.23. The summed E-state index contributed by atoms with van der Waals surface area (Å²) in [6.45, 7) is 0. The highest BCUT2D eigenvalue weighted by Crippen LogP contribution is 2.29. The van der Waals surface area contributed by atoms with E-state index in [2.05, 4.69) is 15.0 Å². The predicted octanol–water partition coefficient (Wildman–Crippen LogP) is 4.08. The molecule has 6 heteroatoms. The molecule has 3 aromatic carbocycles. The van der Waals surface area contributed by atoms with E-state index in [-0.39, 0.29) is 5.88 Å². The van der Waals surface area contributed by atoms with E-state index in [1.807, 2.05) is 60.7 Å². The minimum Gasteiger partial charge on any atom is -0.497 e. The van der Waals surface area contributed by atoms with Crippen LogP contribution in [-0.2, 0) is 0 Å². The summed E-state index contributed by atoms with van der Waals surface area (Å²) in [5, 5.41) is 13.6. The Kier molecular flexibility index (Phi) is 4.11. The summed E-state index contributed by atoms with van der Waals surface area (Å²) in [6.07, 6.45) is 1.92. The number of H-pyrrole nitrogens is 1. The van der Waals surface area contributed by atoms with Crippen molar-refractivity contribution >= 4 is 40.1 Å². The predicted molar refractivity (Wildman–Crippen MR) is 115 cm³/mol. The fraction of sp³-hybridized carbons (Fsp3) is 0.0435. The van der Waals surface area contributed by atoms with Crippen LogP contribution in [0.2, 0.25) is 5.02 Å².